The van der Waals surface area contributed by atoms with Gasteiger partial charge in [-0.1, -0.05) is 6.92 Å². The first-order chi connectivity index (χ1) is 14.2. The van der Waals surface area contributed by atoms with Crippen LogP contribution in [-0.2, 0) is 13.8 Å². The van der Waals surface area contributed by atoms with Crippen molar-refractivity contribution in [2.45, 2.75) is 76.0 Å². The number of aromatic amines is 1. The van der Waals surface area contributed by atoms with Crippen molar-refractivity contribution in [3.63, 3.8) is 0 Å². The summed E-state index contributed by atoms with van der Waals surface area (Å²) in [6.07, 6.45) is -3.07. The van der Waals surface area contributed by atoms with Crippen LogP contribution in [0.25, 0.3) is 11.0 Å². The highest BCUT2D eigenvalue weighted by molar-refractivity contribution is 7.54. The van der Waals surface area contributed by atoms with Gasteiger partial charge in [0.15, 0.2) is 17.2 Å². The number of hydrogen-bond acceptors (Lipinski definition) is 9. The topological polar surface area (TPSA) is 193 Å². The smallest absolute Gasteiger partial charge is 0.359 e. The first-order valence-electron chi connectivity index (χ1n) is 9.83. The molecular formula is C18H29N4O8P. The zero-order chi connectivity index (χ0) is 23.4. The molecule has 174 valence electrons. The number of nitrogen functional groups attached to an aromatic ring is 1. The molecule has 1 saturated heterocycles. The first kappa shape index (κ1) is 23.9. The highest BCUT2D eigenvalue weighted by Crippen LogP contribution is 2.57. The molecule has 1 aliphatic heterocycles. The summed E-state index contributed by atoms with van der Waals surface area (Å²) in [6, 6.07) is 1.49. The lowest BCUT2D eigenvalue weighted by molar-refractivity contribution is -0.0682. The average Bonchev–Trinajstić information content (AvgIpc) is 3.16. The molecule has 7 N–H and O–H groups in total. The van der Waals surface area contributed by atoms with Crippen LogP contribution in [-0.4, -0.2) is 64.0 Å². The molecule has 0 amide bonds. The molecule has 12 nitrogen and oxygen atoms in total. The summed E-state index contributed by atoms with van der Waals surface area (Å²) in [5.74, 6) is -0.112. The number of aromatic nitrogens is 3. The van der Waals surface area contributed by atoms with Crippen molar-refractivity contribution >= 4 is 24.6 Å². The molecule has 0 aromatic carbocycles. The van der Waals surface area contributed by atoms with E-state index >= 15 is 0 Å². The molecule has 3 rings (SSSR count). The first-order valence-corrected chi connectivity index (χ1v) is 11.4. The van der Waals surface area contributed by atoms with Crippen LogP contribution >= 0.6 is 7.60 Å². The number of nitrogens with two attached hydrogens (primary N) is 1. The van der Waals surface area contributed by atoms with Crippen LogP contribution in [0, 0.1) is 0 Å². The predicted octanol–water partition coefficient (Wildman–Crippen LogP) is 0.415. The maximum Gasteiger partial charge on any atom is 0.359 e. The van der Waals surface area contributed by atoms with Crippen LogP contribution in [0.1, 0.15) is 46.8 Å². The second kappa shape index (κ2) is 7.96. The summed E-state index contributed by atoms with van der Waals surface area (Å²) in [7, 11) is -4.42. The molecule has 31 heavy (non-hydrogen) atoms. The lowest BCUT2D eigenvalue weighted by Gasteiger charge is -2.36. The number of hydrogen-bond donors (Lipinski definition) is 6. The highest BCUT2D eigenvalue weighted by Gasteiger charge is 2.50. The van der Waals surface area contributed by atoms with E-state index in [1.165, 1.54) is 30.7 Å². The molecule has 0 radical (unpaired) electrons. The Morgan fingerprint density at radius 1 is 1.35 bits per heavy atom. The standard InChI is InChI=1S/C18H29N4O8P/c1-5-18(4,30-31(27,28)17(2,3)26)8-10-11(23)12(24)15(29-10)22-7-6-9-13(22)20-16(19)21-14(9)25/h6-7,10-12,15,23-24,26H,5,8H2,1-4H3,(H,27,28)(H3,19,20,21,25)/t10-,11-,12-,15-,18?/m1/s1. The molecule has 0 saturated carbocycles. The number of aliphatic hydroxyl groups excluding tert-OH is 2. The molecular weight excluding hydrogens is 431 g/mol. The third-order valence-electron chi connectivity index (χ3n) is 5.63. The number of H-pyrrole nitrogens is 1. The molecule has 0 spiro atoms. The van der Waals surface area contributed by atoms with Gasteiger partial charge in [-0.15, -0.1) is 0 Å². The van der Waals surface area contributed by atoms with Crippen molar-refractivity contribution in [3.05, 3.63) is 22.6 Å². The number of fused-ring (bicyclic) bond motifs is 1. The van der Waals surface area contributed by atoms with E-state index in [1.54, 1.807) is 13.8 Å². The Kier molecular flexibility index (Phi) is 6.13. The lowest BCUT2D eigenvalue weighted by Crippen LogP contribution is -2.39. The van der Waals surface area contributed by atoms with Crippen LogP contribution in [0.3, 0.4) is 0 Å². The van der Waals surface area contributed by atoms with Gasteiger partial charge < -0.3 is 39.8 Å². The largest absolute Gasteiger partial charge is 0.388 e. The fourth-order valence-corrected chi connectivity index (χ4v) is 4.50. The molecule has 3 heterocycles. The van der Waals surface area contributed by atoms with Crippen molar-refractivity contribution in [2.24, 2.45) is 0 Å². The second-order valence-corrected chi connectivity index (χ2v) is 10.9. The lowest BCUT2D eigenvalue weighted by atomic mass is 9.93. The monoisotopic (exact) mass is 460 g/mol. The molecule has 2 aromatic rings. The van der Waals surface area contributed by atoms with Crippen LogP contribution in [0.4, 0.5) is 5.95 Å². The molecule has 0 bridgehead atoms. The minimum absolute atomic E-state index is 0.0474. The Morgan fingerprint density at radius 2 is 2.00 bits per heavy atom. The van der Waals surface area contributed by atoms with Crippen molar-refractivity contribution in [3.8, 4) is 0 Å². The van der Waals surface area contributed by atoms with Gasteiger partial charge in [0, 0.05) is 12.6 Å². The zero-order valence-electron chi connectivity index (χ0n) is 17.7. The van der Waals surface area contributed by atoms with Crippen molar-refractivity contribution in [2.75, 3.05) is 5.73 Å². The zero-order valence-corrected chi connectivity index (χ0v) is 18.6. The minimum atomic E-state index is -4.42. The molecule has 1 fully saturated rings. The summed E-state index contributed by atoms with van der Waals surface area (Å²) < 4.78 is 25.2. The van der Waals surface area contributed by atoms with Gasteiger partial charge in [0.25, 0.3) is 5.56 Å². The molecule has 0 aliphatic carbocycles. The maximum absolute atomic E-state index is 12.5. The van der Waals surface area contributed by atoms with E-state index in [2.05, 4.69) is 9.97 Å². The molecule has 2 unspecified atom stereocenters. The van der Waals surface area contributed by atoms with E-state index in [0.29, 0.717) is 0 Å². The van der Waals surface area contributed by atoms with E-state index in [1.807, 2.05) is 0 Å². The van der Waals surface area contributed by atoms with Crippen LogP contribution in [0.5, 0.6) is 0 Å². The maximum atomic E-state index is 12.5. The van der Waals surface area contributed by atoms with E-state index in [0.717, 1.165) is 0 Å². The quantitative estimate of drug-likeness (QED) is 0.315. The van der Waals surface area contributed by atoms with Crippen LogP contribution in [0.15, 0.2) is 17.1 Å². The molecule has 13 heteroatoms. The van der Waals surface area contributed by atoms with Gasteiger partial charge in [0.1, 0.15) is 12.2 Å². The normalized spacial score (nSPS) is 28.5. The van der Waals surface area contributed by atoms with Crippen LogP contribution < -0.4 is 11.3 Å². The van der Waals surface area contributed by atoms with Crippen LogP contribution in [0.2, 0.25) is 0 Å². The van der Waals surface area contributed by atoms with Gasteiger partial charge in [-0.3, -0.25) is 14.3 Å². The van der Waals surface area contributed by atoms with Gasteiger partial charge in [0.05, 0.1) is 17.1 Å². The summed E-state index contributed by atoms with van der Waals surface area (Å²) in [6.45, 7) is 5.62. The Hall–Kier alpha value is -1.79. The fourth-order valence-electron chi connectivity index (χ4n) is 3.48. The summed E-state index contributed by atoms with van der Waals surface area (Å²) in [4.78, 5) is 28.7. The summed E-state index contributed by atoms with van der Waals surface area (Å²) in [5.41, 5.74) is 4.09. The molecule has 1 aliphatic rings. The fraction of sp³-hybridized carbons (Fsp3) is 0.667. The number of aliphatic hydroxyl groups is 3. The van der Waals surface area contributed by atoms with Gasteiger partial charge in [-0.05, 0) is 33.3 Å². The van der Waals surface area contributed by atoms with Gasteiger partial charge in [-0.25, -0.2) is 0 Å². The van der Waals surface area contributed by atoms with Crippen molar-refractivity contribution < 1.29 is 34.0 Å². The van der Waals surface area contributed by atoms with Crippen molar-refractivity contribution in [1.82, 2.24) is 14.5 Å². The number of rotatable bonds is 7. The Balaban J connectivity index is 1.87. The van der Waals surface area contributed by atoms with E-state index in [4.69, 9.17) is 15.0 Å². The average molecular weight is 460 g/mol. The minimum Gasteiger partial charge on any atom is -0.388 e. The third-order valence-corrected chi connectivity index (χ3v) is 7.70. The third kappa shape index (κ3) is 4.42. The van der Waals surface area contributed by atoms with E-state index < -0.39 is 48.6 Å². The van der Waals surface area contributed by atoms with Gasteiger partial charge >= 0.3 is 7.60 Å². The van der Waals surface area contributed by atoms with Gasteiger partial charge in [0.2, 0.25) is 5.95 Å². The Morgan fingerprint density at radius 3 is 2.58 bits per heavy atom. The number of ether oxygens (including phenoxy) is 1. The Bertz CT molecular complexity index is 1060. The van der Waals surface area contributed by atoms with E-state index in [-0.39, 0.29) is 29.8 Å². The summed E-state index contributed by atoms with van der Waals surface area (Å²) >= 11 is 0. The SMILES string of the molecule is CCC(C)(C[C@H]1O[C@@H](n2ccc3c(=O)[nH]c(N)nc32)[C@H](O)[C@@H]1O)OP(=O)(O)C(C)(C)O. The molecule has 6 atom stereocenters. The molecule has 2 aromatic heterocycles. The van der Waals surface area contributed by atoms with E-state index in [9.17, 15) is 29.6 Å². The number of nitrogens with one attached hydrogen (secondary N) is 1. The summed E-state index contributed by atoms with van der Waals surface area (Å²) in [5, 5.41) is 29.4. The predicted molar refractivity (Wildman–Crippen MR) is 111 cm³/mol. The van der Waals surface area contributed by atoms with Crippen molar-refractivity contribution in [1.29, 1.82) is 0 Å². The number of nitrogens with zero attached hydrogens (tertiary/aromatic N) is 2. The number of anilines is 1. The second-order valence-electron chi connectivity index (χ2n) is 8.57. The van der Waals surface area contributed by atoms with Gasteiger partial charge in [-0.2, -0.15) is 4.98 Å². The Labute approximate surface area is 178 Å². The highest BCUT2D eigenvalue weighted by atomic mass is 31.2.